The van der Waals surface area contributed by atoms with Gasteiger partial charge in [0.1, 0.15) is 19.0 Å². The number of esters is 1. The highest BCUT2D eigenvalue weighted by Gasteiger charge is 2.13. The lowest BCUT2D eigenvalue weighted by Crippen LogP contribution is -2.10. The molecule has 6 heteroatoms. The van der Waals surface area contributed by atoms with Crippen molar-refractivity contribution in [2.75, 3.05) is 6.61 Å². The second kappa shape index (κ2) is 5.43. The Morgan fingerprint density at radius 1 is 1.62 bits per heavy atom. The fraction of sp³-hybridized carbons (Fsp3) is 0.400. The Labute approximate surface area is 93.6 Å². The Morgan fingerprint density at radius 2 is 2.38 bits per heavy atom. The SMILES string of the molecule is [2H]Oc1c(C)ncc(CO)c1COC(=O)CO. The molecule has 0 spiro atoms. The number of aliphatic hydroxyl groups excluding tert-OH is 2. The number of hydrogen-bond acceptors (Lipinski definition) is 6. The summed E-state index contributed by atoms with van der Waals surface area (Å²) in [7, 11) is 0. The molecular weight excluding hydrogens is 214 g/mol. The van der Waals surface area contributed by atoms with E-state index in [0.717, 1.165) is 0 Å². The minimum absolute atomic E-state index is 0.141. The molecule has 0 aliphatic rings. The van der Waals surface area contributed by atoms with E-state index in [4.69, 9.17) is 16.4 Å². The number of hydrogen-bond donors (Lipinski definition) is 3. The van der Waals surface area contributed by atoms with E-state index in [1.807, 2.05) is 0 Å². The number of ether oxygens (including phenoxy) is 1. The molecule has 1 aromatic rings. The number of rotatable bonds is 5. The Kier molecular flexibility index (Phi) is 3.68. The summed E-state index contributed by atoms with van der Waals surface area (Å²) in [6.45, 7) is 0.403. The molecule has 0 radical (unpaired) electrons. The fourth-order valence-corrected chi connectivity index (χ4v) is 1.17. The summed E-state index contributed by atoms with van der Waals surface area (Å²) in [6.07, 6.45) is 1.42. The molecule has 0 aliphatic carbocycles. The Bertz CT molecular complexity index is 410. The van der Waals surface area contributed by atoms with Crippen LogP contribution in [0.1, 0.15) is 16.8 Å². The molecule has 0 amide bonds. The van der Waals surface area contributed by atoms with Crippen molar-refractivity contribution in [3.8, 4) is 5.75 Å². The highest BCUT2D eigenvalue weighted by Crippen LogP contribution is 2.24. The molecule has 1 heterocycles. The summed E-state index contributed by atoms with van der Waals surface area (Å²) in [6, 6.07) is 0. The largest absolute Gasteiger partial charge is 0.506 e. The molecule has 0 aliphatic heterocycles. The summed E-state index contributed by atoms with van der Waals surface area (Å²) < 4.78 is 11.6. The summed E-state index contributed by atoms with van der Waals surface area (Å²) in [5.74, 6) is -0.651. The molecule has 0 saturated carbocycles. The van der Waals surface area contributed by atoms with Crippen molar-refractivity contribution in [3.63, 3.8) is 0 Å². The quantitative estimate of drug-likeness (QED) is 0.594. The summed E-state index contributed by atoms with van der Waals surface area (Å²) >= 11 is 0. The van der Waals surface area contributed by atoms with Crippen molar-refractivity contribution in [2.45, 2.75) is 20.1 Å². The second-order valence-corrected chi connectivity index (χ2v) is 3.15. The van der Waals surface area contributed by atoms with Crippen LogP contribution in [0.15, 0.2) is 6.20 Å². The van der Waals surface area contributed by atoms with Gasteiger partial charge in [-0.05, 0) is 6.92 Å². The smallest absolute Gasteiger partial charge is 0.332 e. The molecule has 0 bridgehead atoms. The Balaban J connectivity index is 3.01. The third-order valence-electron chi connectivity index (χ3n) is 2.08. The molecule has 1 aromatic heterocycles. The summed E-state index contributed by atoms with van der Waals surface area (Å²) in [4.78, 5) is 14.8. The molecule has 16 heavy (non-hydrogen) atoms. The third kappa shape index (κ3) is 2.68. The first-order valence-corrected chi connectivity index (χ1v) is 4.61. The third-order valence-corrected chi connectivity index (χ3v) is 2.08. The van der Waals surface area contributed by atoms with Gasteiger partial charge in [0.2, 0.25) is 0 Å². The van der Waals surface area contributed by atoms with Crippen LogP contribution in [-0.2, 0) is 22.7 Å². The predicted molar refractivity (Wildman–Crippen MR) is 53.4 cm³/mol. The molecule has 3 N–H and O–H groups in total. The van der Waals surface area contributed by atoms with Gasteiger partial charge in [-0.25, -0.2) is 4.79 Å². The summed E-state index contributed by atoms with van der Waals surface area (Å²) in [5.41, 5.74) is 1.23. The molecule has 1 rings (SSSR count). The van der Waals surface area contributed by atoms with E-state index >= 15 is 0 Å². The average molecular weight is 228 g/mol. The minimum Gasteiger partial charge on any atom is -0.506 e. The molecule has 6 nitrogen and oxygen atoms in total. The van der Waals surface area contributed by atoms with Gasteiger partial charge in [0.15, 0.2) is 0 Å². The zero-order chi connectivity index (χ0) is 12.8. The lowest BCUT2D eigenvalue weighted by atomic mass is 10.1. The molecule has 0 saturated heterocycles. The standard InChI is InChI=1S/C10H13NO5/c1-6-10(15)8(5-16-9(14)4-13)7(3-12)2-11-6/h2,12-13,15H,3-5H2,1H3/i/hD. The lowest BCUT2D eigenvalue weighted by Gasteiger charge is -2.11. The van der Waals surface area contributed by atoms with Crippen LogP contribution in [0.25, 0.3) is 0 Å². The first-order valence-electron chi connectivity index (χ1n) is 5.02. The van der Waals surface area contributed by atoms with E-state index < -0.39 is 12.6 Å². The van der Waals surface area contributed by atoms with Crippen molar-refractivity contribution in [3.05, 3.63) is 23.0 Å². The second-order valence-electron chi connectivity index (χ2n) is 3.15. The maximum absolute atomic E-state index is 10.8. The van der Waals surface area contributed by atoms with Gasteiger partial charge in [-0.1, -0.05) is 0 Å². The van der Waals surface area contributed by atoms with Gasteiger partial charge in [-0.3, -0.25) is 4.98 Å². The number of aromatic hydroxyl groups is 1. The van der Waals surface area contributed by atoms with Crippen molar-refractivity contribution >= 4 is 5.97 Å². The topological polar surface area (TPSA) is 99.9 Å². The van der Waals surface area contributed by atoms with Crippen LogP contribution >= 0.6 is 0 Å². The molecule has 0 fully saturated rings. The van der Waals surface area contributed by atoms with Crippen LogP contribution in [0.4, 0.5) is 0 Å². The number of carbonyl (C=O) groups excluding carboxylic acids is 1. The Hall–Kier alpha value is -1.66. The van der Waals surface area contributed by atoms with Crippen molar-refractivity contribution in [2.24, 2.45) is 0 Å². The highest BCUT2D eigenvalue weighted by molar-refractivity contribution is 5.70. The van der Waals surface area contributed by atoms with E-state index in [1.165, 1.54) is 6.20 Å². The van der Waals surface area contributed by atoms with Crippen molar-refractivity contribution < 1.29 is 24.9 Å². The zero-order valence-electron chi connectivity index (χ0n) is 9.77. The molecular formula is C10H13NO5. The first kappa shape index (κ1) is 10.8. The normalized spacial score (nSPS) is 10.8. The van der Waals surface area contributed by atoms with Gasteiger partial charge >= 0.3 is 5.97 Å². The fourth-order valence-electron chi connectivity index (χ4n) is 1.17. The van der Waals surface area contributed by atoms with Crippen molar-refractivity contribution in [1.82, 2.24) is 4.98 Å². The minimum atomic E-state index is -0.792. The number of pyridine rings is 1. The first-order chi connectivity index (χ1) is 8.13. The Morgan fingerprint density at radius 3 is 2.94 bits per heavy atom. The van der Waals surface area contributed by atoms with E-state index in [9.17, 15) is 4.79 Å². The van der Waals surface area contributed by atoms with Gasteiger partial charge in [0.25, 0.3) is 1.43 Å². The van der Waals surface area contributed by atoms with Crippen molar-refractivity contribution in [1.29, 1.82) is 1.43 Å². The number of aromatic nitrogens is 1. The van der Waals surface area contributed by atoms with Crippen LogP contribution in [0.2, 0.25) is 0 Å². The van der Waals surface area contributed by atoms with Crippen LogP contribution < -0.4 is 0 Å². The van der Waals surface area contributed by atoms with Gasteiger partial charge < -0.3 is 20.1 Å². The maximum Gasteiger partial charge on any atom is 0.332 e. The predicted octanol–water partition coefficient (Wildman–Crippen LogP) is -0.377. The van der Waals surface area contributed by atoms with Gasteiger partial charge in [-0.15, -0.1) is 0 Å². The molecule has 88 valence electrons. The van der Waals surface area contributed by atoms with E-state index in [2.05, 4.69) is 10.1 Å². The monoisotopic (exact) mass is 228 g/mol. The van der Waals surface area contributed by atoms with E-state index in [0.29, 0.717) is 16.8 Å². The van der Waals surface area contributed by atoms with Gasteiger partial charge in [-0.2, -0.15) is 0 Å². The van der Waals surface area contributed by atoms with E-state index in [1.54, 1.807) is 6.92 Å². The van der Waals surface area contributed by atoms with Gasteiger partial charge in [0, 0.05) is 17.3 Å². The average Bonchev–Trinajstić information content (AvgIpc) is 2.35. The zero-order valence-corrected chi connectivity index (χ0v) is 8.77. The summed E-state index contributed by atoms with van der Waals surface area (Å²) in [5, 5.41) is 22.0. The number of carbonyl (C=O) groups is 1. The lowest BCUT2D eigenvalue weighted by molar-refractivity contribution is -0.148. The number of aliphatic hydroxyl groups is 2. The molecule has 0 atom stereocenters. The van der Waals surface area contributed by atoms with Crippen LogP contribution in [0.5, 0.6) is 5.75 Å². The highest BCUT2D eigenvalue weighted by atomic mass is 16.5. The van der Waals surface area contributed by atoms with E-state index in [-0.39, 0.29) is 19.0 Å². The van der Waals surface area contributed by atoms with Crippen LogP contribution in [-0.4, -0.2) is 34.3 Å². The number of aryl methyl sites for hydroxylation is 1. The van der Waals surface area contributed by atoms with Crippen LogP contribution in [0, 0.1) is 6.92 Å². The molecule has 0 unspecified atom stereocenters. The molecule has 0 aromatic carbocycles. The van der Waals surface area contributed by atoms with Gasteiger partial charge in [0.05, 0.1) is 12.3 Å². The van der Waals surface area contributed by atoms with Crippen LogP contribution in [0.3, 0.4) is 0 Å². The maximum atomic E-state index is 10.8. The number of nitrogens with zero attached hydrogens (tertiary/aromatic N) is 1.